The number of hydrogen-bond donors (Lipinski definition) is 3. The monoisotopic (exact) mass is 431 g/mol. The smallest absolute Gasteiger partial charge is 0.257 e. The molecular formula is C19H23F2N9O. The molecule has 1 aliphatic heterocycles. The molecule has 4 rings (SSSR count). The molecule has 0 aromatic carbocycles. The van der Waals surface area contributed by atoms with E-state index in [2.05, 4.69) is 42.5 Å². The van der Waals surface area contributed by atoms with Crippen molar-refractivity contribution in [1.29, 1.82) is 0 Å². The molecule has 0 radical (unpaired) electrons. The molecule has 3 N–H and O–H groups in total. The second-order valence-electron chi connectivity index (χ2n) is 7.38. The number of hydrogen-bond acceptors (Lipinski definition) is 7. The average molecular weight is 431 g/mol. The number of carbonyl (C=O) groups excluding carboxylic acids is 1. The van der Waals surface area contributed by atoms with Gasteiger partial charge in [0, 0.05) is 31.0 Å². The summed E-state index contributed by atoms with van der Waals surface area (Å²) in [5.41, 5.74) is 1.76. The fourth-order valence-electron chi connectivity index (χ4n) is 3.64. The lowest BCUT2D eigenvalue weighted by molar-refractivity contribution is -0.127. The van der Waals surface area contributed by atoms with Crippen LogP contribution in [0.3, 0.4) is 0 Å². The Balaban J connectivity index is 1.57. The molecule has 12 heteroatoms. The van der Waals surface area contributed by atoms with E-state index in [1.165, 1.54) is 18.5 Å². The molecule has 0 aliphatic carbocycles. The van der Waals surface area contributed by atoms with E-state index < -0.39 is 13.0 Å². The summed E-state index contributed by atoms with van der Waals surface area (Å²) >= 11 is 0. The summed E-state index contributed by atoms with van der Waals surface area (Å²) < 4.78 is 26.3. The number of likely N-dealkylation sites (tertiary alicyclic amines) is 1. The Bertz CT molecular complexity index is 1090. The molecule has 1 fully saturated rings. The van der Waals surface area contributed by atoms with Crippen LogP contribution in [0, 0.1) is 6.92 Å². The minimum Gasteiger partial charge on any atom is -0.365 e. The molecule has 4 heterocycles. The average Bonchev–Trinajstić information content (AvgIpc) is 3.33. The third-order valence-corrected chi connectivity index (χ3v) is 5.06. The number of amides is 1. The molecule has 0 spiro atoms. The molecule has 1 atom stereocenters. The van der Waals surface area contributed by atoms with E-state index in [1.54, 1.807) is 4.90 Å². The Labute approximate surface area is 176 Å². The van der Waals surface area contributed by atoms with Crippen LogP contribution in [0.25, 0.3) is 11.0 Å². The van der Waals surface area contributed by atoms with Gasteiger partial charge in [-0.05, 0) is 25.8 Å². The lowest BCUT2D eigenvalue weighted by Gasteiger charge is -2.33. The van der Waals surface area contributed by atoms with Gasteiger partial charge >= 0.3 is 0 Å². The maximum absolute atomic E-state index is 12.6. The number of aryl methyl sites for hydroxylation is 1. The van der Waals surface area contributed by atoms with Crippen molar-refractivity contribution in [2.45, 2.75) is 38.8 Å². The Hall–Kier alpha value is -3.57. The highest BCUT2D eigenvalue weighted by Crippen LogP contribution is 2.27. The Morgan fingerprint density at radius 2 is 2.29 bits per heavy atom. The highest BCUT2D eigenvalue weighted by Gasteiger charge is 2.24. The number of rotatable bonds is 7. The summed E-state index contributed by atoms with van der Waals surface area (Å²) in [6.45, 7) is 6.18. The normalized spacial score (nSPS) is 16.6. The van der Waals surface area contributed by atoms with Gasteiger partial charge in [-0.15, -0.1) is 0 Å². The van der Waals surface area contributed by atoms with E-state index in [0.717, 1.165) is 28.6 Å². The van der Waals surface area contributed by atoms with Crippen LogP contribution in [0.15, 0.2) is 25.0 Å². The molecule has 10 nitrogen and oxygen atoms in total. The number of nitrogens with one attached hydrogen (secondary N) is 3. The van der Waals surface area contributed by atoms with Crippen LogP contribution in [0.2, 0.25) is 0 Å². The van der Waals surface area contributed by atoms with Gasteiger partial charge in [-0.1, -0.05) is 6.58 Å². The van der Waals surface area contributed by atoms with Crippen molar-refractivity contribution >= 4 is 34.4 Å². The zero-order valence-corrected chi connectivity index (χ0v) is 17.0. The van der Waals surface area contributed by atoms with Crippen molar-refractivity contribution in [2.24, 2.45) is 0 Å². The number of fused-ring (bicyclic) bond motifs is 1. The predicted molar refractivity (Wildman–Crippen MR) is 111 cm³/mol. The van der Waals surface area contributed by atoms with Gasteiger partial charge in [0.15, 0.2) is 5.65 Å². The highest BCUT2D eigenvalue weighted by atomic mass is 19.3. The van der Waals surface area contributed by atoms with Crippen LogP contribution in [0.4, 0.5) is 26.2 Å². The highest BCUT2D eigenvalue weighted by molar-refractivity contribution is 5.90. The number of aromatic nitrogens is 6. The number of anilines is 3. The maximum atomic E-state index is 12.6. The first kappa shape index (κ1) is 20.7. The zero-order valence-electron chi connectivity index (χ0n) is 17.0. The van der Waals surface area contributed by atoms with Crippen molar-refractivity contribution in [1.82, 2.24) is 34.8 Å². The van der Waals surface area contributed by atoms with Crippen LogP contribution in [-0.4, -0.2) is 66.3 Å². The van der Waals surface area contributed by atoms with Crippen molar-refractivity contribution in [2.75, 3.05) is 23.7 Å². The Morgan fingerprint density at radius 3 is 3.06 bits per heavy atom. The van der Waals surface area contributed by atoms with E-state index in [-0.39, 0.29) is 17.9 Å². The van der Waals surface area contributed by atoms with Crippen LogP contribution >= 0.6 is 0 Å². The van der Waals surface area contributed by atoms with Crippen LogP contribution in [-0.2, 0) is 11.3 Å². The number of halogens is 2. The molecular weight excluding hydrogens is 408 g/mol. The van der Waals surface area contributed by atoms with Gasteiger partial charge in [-0.2, -0.15) is 20.2 Å². The quantitative estimate of drug-likeness (QED) is 0.492. The van der Waals surface area contributed by atoms with E-state index in [0.29, 0.717) is 30.2 Å². The lowest BCUT2D eigenvalue weighted by Crippen LogP contribution is -2.44. The van der Waals surface area contributed by atoms with Gasteiger partial charge in [-0.25, -0.2) is 8.78 Å². The summed E-state index contributed by atoms with van der Waals surface area (Å²) in [4.78, 5) is 22.7. The van der Waals surface area contributed by atoms with E-state index in [4.69, 9.17) is 0 Å². The Morgan fingerprint density at radius 1 is 1.45 bits per heavy atom. The minimum absolute atomic E-state index is 0.00620. The standard InChI is InChI=1S/C19H23F2N9O/c1-3-15(31)29-6-4-5-12(8-29)23-17-16-11(2)27-28-18(16)26-19(25-17)24-13-7-22-30(9-13)10-14(20)21/h3,7,9,12,14H,1,4-6,8,10H2,2H3,(H3,23,24,25,26,27,28)/t12-/m1/s1. The second-order valence-corrected chi connectivity index (χ2v) is 7.38. The molecule has 1 saturated heterocycles. The molecule has 31 heavy (non-hydrogen) atoms. The first-order valence-electron chi connectivity index (χ1n) is 9.91. The van der Waals surface area contributed by atoms with E-state index in [9.17, 15) is 13.6 Å². The van der Waals surface area contributed by atoms with Crippen molar-refractivity contribution in [3.05, 3.63) is 30.7 Å². The van der Waals surface area contributed by atoms with Crippen molar-refractivity contribution in [3.8, 4) is 0 Å². The number of alkyl halides is 2. The van der Waals surface area contributed by atoms with Gasteiger partial charge in [0.1, 0.15) is 12.4 Å². The summed E-state index contributed by atoms with van der Waals surface area (Å²) in [5, 5.41) is 18.2. The van der Waals surface area contributed by atoms with E-state index in [1.807, 2.05) is 6.92 Å². The van der Waals surface area contributed by atoms with Crippen LogP contribution < -0.4 is 10.6 Å². The Kier molecular flexibility index (Phi) is 5.78. The van der Waals surface area contributed by atoms with Crippen LogP contribution in [0.1, 0.15) is 18.5 Å². The number of carbonyl (C=O) groups is 1. The van der Waals surface area contributed by atoms with Gasteiger partial charge in [-0.3, -0.25) is 14.6 Å². The molecule has 1 amide bonds. The maximum Gasteiger partial charge on any atom is 0.257 e. The fraction of sp³-hybridized carbons (Fsp3) is 0.421. The lowest BCUT2D eigenvalue weighted by atomic mass is 10.1. The molecule has 0 saturated carbocycles. The van der Waals surface area contributed by atoms with Gasteiger partial charge in [0.25, 0.3) is 6.43 Å². The van der Waals surface area contributed by atoms with Crippen molar-refractivity contribution in [3.63, 3.8) is 0 Å². The fourth-order valence-corrected chi connectivity index (χ4v) is 3.64. The molecule has 3 aromatic rings. The first-order valence-corrected chi connectivity index (χ1v) is 9.91. The third-order valence-electron chi connectivity index (χ3n) is 5.06. The summed E-state index contributed by atoms with van der Waals surface area (Å²) in [6.07, 6.45) is 3.46. The molecule has 0 unspecified atom stereocenters. The third kappa shape index (κ3) is 4.62. The van der Waals surface area contributed by atoms with Gasteiger partial charge < -0.3 is 15.5 Å². The summed E-state index contributed by atoms with van der Waals surface area (Å²) in [7, 11) is 0. The minimum atomic E-state index is -2.49. The number of nitrogens with zero attached hydrogens (tertiary/aromatic N) is 6. The van der Waals surface area contributed by atoms with Gasteiger partial charge in [0.05, 0.1) is 17.3 Å². The molecule has 3 aromatic heterocycles. The number of H-pyrrole nitrogens is 1. The number of aromatic amines is 1. The number of piperidine rings is 1. The molecule has 0 bridgehead atoms. The summed E-state index contributed by atoms with van der Waals surface area (Å²) in [5.74, 6) is 0.742. The predicted octanol–water partition coefficient (Wildman–Crippen LogP) is 2.46. The molecule has 164 valence electrons. The second kappa shape index (κ2) is 8.66. The largest absolute Gasteiger partial charge is 0.365 e. The zero-order chi connectivity index (χ0) is 22.0. The van der Waals surface area contributed by atoms with E-state index >= 15 is 0 Å². The first-order chi connectivity index (χ1) is 14.9. The summed E-state index contributed by atoms with van der Waals surface area (Å²) in [6, 6.07) is 0.00620. The van der Waals surface area contributed by atoms with Crippen molar-refractivity contribution < 1.29 is 13.6 Å². The van der Waals surface area contributed by atoms with Gasteiger partial charge in [0.2, 0.25) is 11.9 Å². The topological polar surface area (TPSA) is 117 Å². The SMILES string of the molecule is C=CC(=O)N1CCC[C@@H](Nc2nc(Nc3cnn(CC(F)F)c3)nc3n[nH]c(C)c23)C1. The van der Waals surface area contributed by atoms with Crippen LogP contribution in [0.5, 0.6) is 0 Å². The molecule has 1 aliphatic rings.